The van der Waals surface area contributed by atoms with Crippen LogP contribution in [0.5, 0.6) is 0 Å². The Hall–Kier alpha value is -2.94. The van der Waals surface area contributed by atoms with E-state index in [9.17, 15) is 34.8 Å². The van der Waals surface area contributed by atoms with Crippen LogP contribution in [-0.4, -0.2) is 45.7 Å². The monoisotopic (exact) mass is 511 g/mol. The number of rotatable bonds is 7. The molecule has 0 radical (unpaired) electrons. The van der Waals surface area contributed by atoms with E-state index in [-0.39, 0.29) is 11.5 Å². The fourth-order valence-electron chi connectivity index (χ4n) is 3.21. The molecule has 3 rings (SSSR count). The fourth-order valence-corrected chi connectivity index (χ4v) is 3.78. The second-order valence-corrected chi connectivity index (χ2v) is 8.91. The number of anilines is 2. The van der Waals surface area contributed by atoms with Crippen LogP contribution in [-0.2, 0) is 27.4 Å². The molecule has 1 aromatic carbocycles. The number of fused-ring (bicyclic) bond motifs is 1. The Kier molecular flexibility index (Phi) is 7.35. The first kappa shape index (κ1) is 25.7. The molecule has 1 N–H and O–H groups in total. The van der Waals surface area contributed by atoms with Gasteiger partial charge in [0.15, 0.2) is 5.82 Å². The van der Waals surface area contributed by atoms with E-state index < -0.39 is 33.0 Å². The quantitative estimate of drug-likeness (QED) is 0.409. The lowest BCUT2D eigenvalue weighted by atomic mass is 10.00. The molecule has 0 aliphatic carbocycles. The summed E-state index contributed by atoms with van der Waals surface area (Å²) in [7, 11) is -4.28. The summed E-state index contributed by atoms with van der Waals surface area (Å²) in [6.07, 6.45) is -2.81. The third-order valence-electron chi connectivity index (χ3n) is 4.86. The Morgan fingerprint density at radius 2 is 1.88 bits per heavy atom. The summed E-state index contributed by atoms with van der Waals surface area (Å²) in [5.41, 5.74) is -6.14. The lowest BCUT2D eigenvalue weighted by Gasteiger charge is -2.32. The van der Waals surface area contributed by atoms with Crippen LogP contribution >= 0.6 is 0 Å². The number of methoxy groups -OCH3 is 1. The molecule has 0 unspecified atom stereocenters. The van der Waals surface area contributed by atoms with Crippen LogP contribution in [0.4, 0.5) is 49.2 Å². The van der Waals surface area contributed by atoms with Gasteiger partial charge in [-0.2, -0.15) is 34.8 Å². The number of hydrogen-bond donors (Lipinski definition) is 1. The molecule has 8 nitrogen and oxygen atoms in total. The Balaban J connectivity index is 2.02. The number of alkyl halides is 6. The van der Waals surface area contributed by atoms with Crippen molar-refractivity contribution in [1.29, 1.82) is 0 Å². The minimum Gasteiger partial charge on any atom is -0.383 e. The van der Waals surface area contributed by atoms with E-state index >= 15 is 0 Å². The molecule has 2 aromatic rings. The molecule has 0 saturated heterocycles. The first-order valence-electron chi connectivity index (χ1n) is 9.77. The summed E-state index contributed by atoms with van der Waals surface area (Å²) in [6, 6.07) is 4.25. The Labute approximate surface area is 190 Å². The van der Waals surface area contributed by atoms with E-state index in [0.717, 1.165) is 18.6 Å². The molecule has 34 heavy (non-hydrogen) atoms. The molecule has 0 saturated carbocycles. The lowest BCUT2D eigenvalue weighted by Crippen LogP contribution is -2.33. The van der Waals surface area contributed by atoms with Gasteiger partial charge < -0.3 is 9.64 Å². The molecule has 1 aliphatic rings. The molecule has 0 fully saturated rings. The summed E-state index contributed by atoms with van der Waals surface area (Å²) in [4.78, 5) is 5.36. The van der Waals surface area contributed by atoms with E-state index in [2.05, 4.69) is 15.2 Å². The van der Waals surface area contributed by atoms with E-state index in [1.54, 1.807) is 0 Å². The van der Waals surface area contributed by atoms with Crippen molar-refractivity contribution < 1.29 is 39.5 Å². The second kappa shape index (κ2) is 9.74. The third-order valence-corrected chi connectivity index (χ3v) is 5.96. The van der Waals surface area contributed by atoms with Gasteiger partial charge in [-0.3, -0.25) is 4.72 Å². The van der Waals surface area contributed by atoms with Gasteiger partial charge >= 0.3 is 21.7 Å². The van der Waals surface area contributed by atoms with Gasteiger partial charge in [-0.25, -0.2) is 4.98 Å². The molecule has 2 heterocycles. The van der Waals surface area contributed by atoms with Crippen LogP contribution in [0.3, 0.4) is 0 Å². The SMILES string of the molecule is COCCN1CCCc2cc(N=Nc3ccc(C(F)(F)F)cn3)c(NS(=O)(=O)C(F)(F)F)cc21. The Bertz CT molecular complexity index is 1150. The van der Waals surface area contributed by atoms with Gasteiger partial charge in [-0.05, 0) is 42.7 Å². The van der Waals surface area contributed by atoms with Gasteiger partial charge in [0.05, 0.1) is 17.9 Å². The van der Waals surface area contributed by atoms with Crippen molar-refractivity contribution >= 4 is 32.9 Å². The Morgan fingerprint density at radius 3 is 2.47 bits per heavy atom. The largest absolute Gasteiger partial charge is 0.516 e. The highest BCUT2D eigenvalue weighted by Crippen LogP contribution is 2.39. The maximum atomic E-state index is 13.0. The van der Waals surface area contributed by atoms with Crippen molar-refractivity contribution in [1.82, 2.24) is 4.98 Å². The molecule has 15 heteroatoms. The number of halogens is 6. The van der Waals surface area contributed by atoms with Crippen LogP contribution in [0.25, 0.3) is 0 Å². The number of aromatic nitrogens is 1. The maximum Gasteiger partial charge on any atom is 0.516 e. The number of hydrogen-bond acceptors (Lipinski definition) is 7. The molecule has 1 aromatic heterocycles. The van der Waals surface area contributed by atoms with Crippen molar-refractivity contribution in [3.05, 3.63) is 41.6 Å². The van der Waals surface area contributed by atoms with Crippen molar-refractivity contribution in [2.24, 2.45) is 10.2 Å². The summed E-state index contributed by atoms with van der Waals surface area (Å²) in [5.74, 6) is -0.253. The molecule has 0 spiro atoms. The molecule has 186 valence electrons. The summed E-state index contributed by atoms with van der Waals surface area (Å²) < 4.78 is 107. The molecular weight excluding hydrogens is 492 g/mol. The first-order chi connectivity index (χ1) is 15.8. The van der Waals surface area contributed by atoms with Crippen LogP contribution in [0.2, 0.25) is 0 Å². The minimum absolute atomic E-state index is 0.248. The topological polar surface area (TPSA) is 96.2 Å². The number of pyridine rings is 1. The number of nitrogens with one attached hydrogen (secondary N) is 1. The standard InChI is InChI=1S/C19H19F6N5O3S/c1-33-8-7-30-6-2-3-12-9-14(15(10-16(12)30)29-34(31,32)19(23,24)25)27-28-17-5-4-13(11-26-17)18(20,21)22/h4-5,9-11,29H,2-3,6-8H2,1H3. The maximum absolute atomic E-state index is 13.0. The van der Waals surface area contributed by atoms with E-state index in [4.69, 9.17) is 4.74 Å². The summed E-state index contributed by atoms with van der Waals surface area (Å²) in [6.45, 7) is 1.34. The number of sulfonamides is 1. The highest BCUT2D eigenvalue weighted by atomic mass is 32.2. The van der Waals surface area contributed by atoms with Crippen molar-refractivity contribution in [2.75, 3.05) is 36.4 Å². The zero-order valence-corrected chi connectivity index (χ0v) is 18.4. The third kappa shape index (κ3) is 5.94. The average molecular weight is 511 g/mol. The van der Waals surface area contributed by atoms with Gasteiger partial charge in [0.1, 0.15) is 5.69 Å². The highest BCUT2D eigenvalue weighted by Gasteiger charge is 2.46. The zero-order chi connectivity index (χ0) is 25.1. The average Bonchev–Trinajstić information content (AvgIpc) is 2.75. The van der Waals surface area contributed by atoms with Crippen molar-refractivity contribution in [3.63, 3.8) is 0 Å². The predicted octanol–water partition coefficient (Wildman–Crippen LogP) is 5.18. The summed E-state index contributed by atoms with van der Waals surface area (Å²) in [5, 5.41) is 7.44. The van der Waals surface area contributed by atoms with E-state index in [1.807, 2.05) is 4.90 Å². The van der Waals surface area contributed by atoms with Gasteiger partial charge in [0.2, 0.25) is 0 Å². The minimum atomic E-state index is -5.77. The lowest BCUT2D eigenvalue weighted by molar-refractivity contribution is -0.137. The number of nitrogens with zero attached hydrogens (tertiary/aromatic N) is 4. The van der Waals surface area contributed by atoms with Crippen LogP contribution in [0, 0.1) is 0 Å². The summed E-state index contributed by atoms with van der Waals surface area (Å²) >= 11 is 0. The molecule has 1 aliphatic heterocycles. The van der Waals surface area contributed by atoms with Gasteiger partial charge in [0.25, 0.3) is 0 Å². The normalized spacial score (nSPS) is 15.0. The van der Waals surface area contributed by atoms with Crippen molar-refractivity contribution in [3.8, 4) is 0 Å². The Morgan fingerprint density at radius 1 is 1.15 bits per heavy atom. The van der Waals surface area contributed by atoms with Gasteiger partial charge in [-0.1, -0.05) is 0 Å². The highest BCUT2D eigenvalue weighted by molar-refractivity contribution is 7.93. The van der Waals surface area contributed by atoms with Crippen LogP contribution in [0.1, 0.15) is 17.5 Å². The molecule has 0 amide bonds. The number of aryl methyl sites for hydroxylation is 1. The molecule has 0 atom stereocenters. The number of azo groups is 1. The van der Waals surface area contributed by atoms with Crippen LogP contribution < -0.4 is 9.62 Å². The second-order valence-electron chi connectivity index (χ2n) is 7.24. The predicted molar refractivity (Wildman–Crippen MR) is 111 cm³/mol. The van der Waals surface area contributed by atoms with Gasteiger partial charge in [-0.15, -0.1) is 10.2 Å². The van der Waals surface area contributed by atoms with Crippen LogP contribution in [0.15, 0.2) is 40.7 Å². The number of ether oxygens (including phenoxy) is 1. The molecule has 0 bridgehead atoms. The zero-order valence-electron chi connectivity index (χ0n) is 17.6. The number of benzene rings is 1. The van der Waals surface area contributed by atoms with E-state index in [0.29, 0.717) is 43.6 Å². The van der Waals surface area contributed by atoms with Gasteiger partial charge in [0, 0.05) is 32.1 Å². The first-order valence-corrected chi connectivity index (χ1v) is 11.2. The molecular formula is C19H19F6N5O3S. The fraction of sp³-hybridized carbons (Fsp3) is 0.421. The van der Waals surface area contributed by atoms with Crippen molar-refractivity contribution in [2.45, 2.75) is 24.5 Å². The smallest absolute Gasteiger partial charge is 0.383 e. The van der Waals surface area contributed by atoms with E-state index in [1.165, 1.54) is 24.0 Å².